The van der Waals surface area contributed by atoms with Gasteiger partial charge in [-0.1, -0.05) is 342 Å². The molecule has 0 fully saturated rings. The summed E-state index contributed by atoms with van der Waals surface area (Å²) in [5.41, 5.74) is 0. The second-order valence-electron chi connectivity index (χ2n) is 23.6. The van der Waals surface area contributed by atoms with Gasteiger partial charge in [-0.05, 0) is 103 Å². The van der Waals surface area contributed by atoms with Gasteiger partial charge in [0, 0.05) is 12.8 Å². The van der Waals surface area contributed by atoms with Crippen LogP contribution < -0.4 is 0 Å². The van der Waals surface area contributed by atoms with Gasteiger partial charge in [-0.2, -0.15) is 0 Å². The van der Waals surface area contributed by atoms with Crippen LogP contribution >= 0.6 is 0 Å². The lowest BCUT2D eigenvalue weighted by molar-refractivity contribution is -0.161. The molecule has 0 amide bonds. The number of esters is 2. The monoisotopic (exact) mass is 1140 g/mol. The number of hydrogen-bond donors (Lipinski definition) is 1. The second-order valence-corrected chi connectivity index (χ2v) is 23.6. The molecule has 5 heteroatoms. The maximum atomic E-state index is 12.4. The van der Waals surface area contributed by atoms with Crippen molar-refractivity contribution >= 4 is 11.9 Å². The van der Waals surface area contributed by atoms with Crippen LogP contribution in [0.2, 0.25) is 0 Å². The summed E-state index contributed by atoms with van der Waals surface area (Å²) in [6, 6.07) is 0. The van der Waals surface area contributed by atoms with Crippen LogP contribution in [0.5, 0.6) is 0 Å². The van der Waals surface area contributed by atoms with E-state index in [-0.39, 0.29) is 25.2 Å². The van der Waals surface area contributed by atoms with Crippen LogP contribution in [0.15, 0.2) is 109 Å². The molecule has 0 spiro atoms. The first kappa shape index (κ1) is 78.6. The molecular formula is C77H134O5. The highest BCUT2D eigenvalue weighted by Crippen LogP contribution is 2.18. The minimum Gasteiger partial charge on any atom is -0.462 e. The zero-order valence-corrected chi connectivity index (χ0v) is 54.2. The van der Waals surface area contributed by atoms with E-state index in [1.54, 1.807) is 0 Å². The summed E-state index contributed by atoms with van der Waals surface area (Å²) in [5.74, 6) is -0.591. The van der Waals surface area contributed by atoms with Crippen LogP contribution in [-0.2, 0) is 19.1 Å². The minimum absolute atomic E-state index is 0.0709. The van der Waals surface area contributed by atoms with Crippen molar-refractivity contribution in [3.8, 4) is 0 Å². The highest BCUT2D eigenvalue weighted by atomic mass is 16.6. The summed E-state index contributed by atoms with van der Waals surface area (Å²) in [5, 5.41) is 9.70. The van der Waals surface area contributed by atoms with Crippen LogP contribution in [0.1, 0.15) is 348 Å². The molecule has 1 unspecified atom stereocenters. The van der Waals surface area contributed by atoms with Gasteiger partial charge in [-0.3, -0.25) is 9.59 Å². The topological polar surface area (TPSA) is 72.8 Å². The van der Waals surface area contributed by atoms with Crippen LogP contribution in [-0.4, -0.2) is 36.4 Å². The Hall–Kier alpha value is -3.44. The van der Waals surface area contributed by atoms with Gasteiger partial charge < -0.3 is 14.6 Å². The van der Waals surface area contributed by atoms with Gasteiger partial charge in [0.2, 0.25) is 0 Å². The summed E-state index contributed by atoms with van der Waals surface area (Å²) < 4.78 is 10.8. The maximum absolute atomic E-state index is 12.4. The molecule has 1 atom stereocenters. The molecule has 5 nitrogen and oxygen atoms in total. The Morgan fingerprint density at radius 2 is 0.524 bits per heavy atom. The van der Waals surface area contributed by atoms with Crippen LogP contribution in [0, 0.1) is 0 Å². The number of rotatable bonds is 65. The Kier molecular flexibility index (Phi) is 68.8. The summed E-state index contributed by atoms with van der Waals surface area (Å²) in [6.07, 6.45) is 104. The average molecular weight is 1140 g/mol. The van der Waals surface area contributed by atoms with Crippen molar-refractivity contribution in [2.75, 3.05) is 13.2 Å². The van der Waals surface area contributed by atoms with Crippen molar-refractivity contribution in [1.29, 1.82) is 0 Å². The number of hydrogen-bond acceptors (Lipinski definition) is 5. The van der Waals surface area contributed by atoms with Crippen LogP contribution in [0.4, 0.5) is 0 Å². The first-order valence-electron chi connectivity index (χ1n) is 35.4. The number of aliphatic hydroxyl groups excluding tert-OH is 1. The lowest BCUT2D eigenvalue weighted by atomic mass is 10.0. The largest absolute Gasteiger partial charge is 0.462 e. The molecule has 0 aromatic rings. The summed E-state index contributed by atoms with van der Waals surface area (Å²) >= 11 is 0. The zero-order chi connectivity index (χ0) is 59.1. The quantitative estimate of drug-likeness (QED) is 0.0373. The van der Waals surface area contributed by atoms with Gasteiger partial charge in [-0.25, -0.2) is 0 Å². The van der Waals surface area contributed by atoms with E-state index in [4.69, 9.17) is 9.47 Å². The second kappa shape index (κ2) is 71.8. The van der Waals surface area contributed by atoms with Gasteiger partial charge >= 0.3 is 11.9 Å². The first-order valence-corrected chi connectivity index (χ1v) is 35.4. The summed E-state index contributed by atoms with van der Waals surface area (Å²) in [7, 11) is 0. The predicted octanol–water partition coefficient (Wildman–Crippen LogP) is 24.8. The SMILES string of the molecule is CC/C=C\C/C=C\C/C=C\C/C=C\C/C=C\C/C=C\CCCCCCCCCCC(=O)OC(CO)COC(=O)CCCCCCCCCCCCCCCCCCCCCCCCCCCC/C=C\C/C=C\C/C=C\CCCCCCC. The third-order valence-corrected chi connectivity index (χ3v) is 15.6. The molecule has 0 bridgehead atoms. The Morgan fingerprint density at radius 3 is 0.793 bits per heavy atom. The molecule has 1 N–H and O–H groups in total. The molecule has 0 radical (unpaired) electrons. The van der Waals surface area contributed by atoms with Crippen LogP contribution in [0.3, 0.4) is 0 Å². The molecule has 0 saturated carbocycles. The Morgan fingerprint density at radius 1 is 0.293 bits per heavy atom. The van der Waals surface area contributed by atoms with E-state index >= 15 is 0 Å². The van der Waals surface area contributed by atoms with Crippen molar-refractivity contribution in [1.82, 2.24) is 0 Å². The van der Waals surface area contributed by atoms with E-state index in [0.717, 1.165) is 96.3 Å². The van der Waals surface area contributed by atoms with Crippen molar-refractivity contribution in [2.24, 2.45) is 0 Å². The number of carbonyl (C=O) groups is 2. The molecule has 0 heterocycles. The summed E-state index contributed by atoms with van der Waals surface area (Å²) in [4.78, 5) is 24.6. The third-order valence-electron chi connectivity index (χ3n) is 15.6. The normalized spacial score (nSPS) is 12.9. The number of aliphatic hydroxyl groups is 1. The lowest BCUT2D eigenvalue weighted by Crippen LogP contribution is -2.28. The minimum atomic E-state index is -0.783. The zero-order valence-electron chi connectivity index (χ0n) is 54.2. The van der Waals surface area contributed by atoms with E-state index in [0.29, 0.717) is 12.8 Å². The molecule has 0 aliphatic carbocycles. The maximum Gasteiger partial charge on any atom is 0.306 e. The third kappa shape index (κ3) is 69.1. The molecule has 0 rings (SSSR count). The predicted molar refractivity (Wildman–Crippen MR) is 362 cm³/mol. The highest BCUT2D eigenvalue weighted by molar-refractivity contribution is 5.70. The van der Waals surface area contributed by atoms with Crippen molar-refractivity contribution in [3.05, 3.63) is 109 Å². The molecule has 82 heavy (non-hydrogen) atoms. The lowest BCUT2D eigenvalue weighted by Gasteiger charge is -2.15. The van der Waals surface area contributed by atoms with Gasteiger partial charge in [-0.15, -0.1) is 0 Å². The fraction of sp³-hybridized carbons (Fsp3) is 0.740. The van der Waals surface area contributed by atoms with Gasteiger partial charge in [0.15, 0.2) is 6.10 Å². The van der Waals surface area contributed by atoms with Crippen molar-refractivity contribution < 1.29 is 24.2 Å². The van der Waals surface area contributed by atoms with Gasteiger partial charge in [0.05, 0.1) is 6.61 Å². The van der Waals surface area contributed by atoms with E-state index in [9.17, 15) is 14.7 Å². The van der Waals surface area contributed by atoms with E-state index in [1.807, 2.05) is 0 Å². The molecule has 0 saturated heterocycles. The molecule has 472 valence electrons. The molecule has 0 aromatic heterocycles. The first-order chi connectivity index (χ1) is 40.6. The fourth-order valence-electron chi connectivity index (χ4n) is 10.3. The molecule has 0 aromatic carbocycles. The smallest absolute Gasteiger partial charge is 0.306 e. The number of carbonyl (C=O) groups excluding carboxylic acids is 2. The molecule has 0 aliphatic heterocycles. The highest BCUT2D eigenvalue weighted by Gasteiger charge is 2.16. The van der Waals surface area contributed by atoms with E-state index in [2.05, 4.69) is 123 Å². The standard InChI is InChI=1S/C77H134O5/c1-3-5-7-9-11-13-15-17-19-21-23-25-27-29-31-32-33-34-35-36-37-38-39-40-41-42-43-44-46-47-49-51-53-55-57-59-61-63-65-67-69-71-76(79)81-74-75(73-78)82-77(80)72-70-68-66-64-62-60-58-56-54-52-50-48-45-30-28-26-24-22-20-18-16-14-12-10-8-6-4-2/h6,8,12,14-15,17-18,20-21,23-24,26-27,29-30,45,50,52,75,78H,3-5,7,9-11,13,16,19,22,25,28,31-44,46-49,51,53-74H2,1-2H3/b8-6-,14-12-,17-15-,20-18-,23-21-,26-24-,29-27-,45-30-,52-50-. The fourth-order valence-corrected chi connectivity index (χ4v) is 10.3. The molecular weight excluding hydrogens is 1000 g/mol. The Balaban J connectivity index is 3.44. The summed E-state index contributed by atoms with van der Waals surface area (Å²) in [6.45, 7) is 4.04. The van der Waals surface area contributed by atoms with Crippen LogP contribution in [0.25, 0.3) is 0 Å². The number of ether oxygens (including phenoxy) is 2. The number of allylic oxidation sites excluding steroid dienone is 18. The Labute approximate surface area is 510 Å². The average Bonchev–Trinajstić information content (AvgIpc) is 3.49. The molecule has 0 aliphatic rings. The van der Waals surface area contributed by atoms with Gasteiger partial charge in [0.1, 0.15) is 6.61 Å². The van der Waals surface area contributed by atoms with Crippen molar-refractivity contribution in [2.45, 2.75) is 354 Å². The van der Waals surface area contributed by atoms with Crippen molar-refractivity contribution in [3.63, 3.8) is 0 Å². The number of unbranched alkanes of at least 4 members (excludes halogenated alkanes) is 39. The van der Waals surface area contributed by atoms with Gasteiger partial charge in [0.25, 0.3) is 0 Å². The van der Waals surface area contributed by atoms with E-state index < -0.39 is 6.10 Å². The van der Waals surface area contributed by atoms with E-state index in [1.165, 1.54) is 225 Å². The Bertz CT molecular complexity index is 1570.